The number of fused-ring (bicyclic) bond motifs is 2. The smallest absolute Gasteiger partial charge is 0.355 e. The number of nitrogen functional groups attached to an aromatic ring is 1. The summed E-state index contributed by atoms with van der Waals surface area (Å²) in [5.41, 5.74) is 6.24. The van der Waals surface area contributed by atoms with Gasteiger partial charge < -0.3 is 15.5 Å². The van der Waals surface area contributed by atoms with Crippen molar-refractivity contribution in [2.45, 2.75) is 37.6 Å². The maximum absolute atomic E-state index is 16.7. The van der Waals surface area contributed by atoms with Gasteiger partial charge in [0.2, 0.25) is 5.91 Å². The lowest BCUT2D eigenvalue weighted by Gasteiger charge is -2.41. The van der Waals surface area contributed by atoms with Gasteiger partial charge in [-0.1, -0.05) is 43.6 Å². The number of hydrogen-bond donors (Lipinski definition) is 1. The molecule has 1 saturated heterocycles. The van der Waals surface area contributed by atoms with Crippen LogP contribution in [0, 0.1) is 18.6 Å². The lowest BCUT2D eigenvalue weighted by atomic mass is 10.0. The van der Waals surface area contributed by atoms with Crippen molar-refractivity contribution in [1.29, 1.82) is 0 Å². The average Bonchev–Trinajstić information content (AvgIpc) is 3.15. The molecule has 2 N–H and O–H groups in total. The first-order chi connectivity index (χ1) is 20.9. The number of carbonyl (C=O) groups is 1. The molecule has 14 heteroatoms. The Hall–Kier alpha value is -3.74. The number of piperazine rings is 1. The molecule has 44 heavy (non-hydrogen) atoms. The Bertz CT molecular complexity index is 1930. The number of benzene rings is 1. The minimum absolute atomic E-state index is 0.0528. The molecule has 9 nitrogen and oxygen atoms in total. The Morgan fingerprint density at radius 1 is 1.20 bits per heavy atom. The zero-order chi connectivity index (χ0) is 31.6. The van der Waals surface area contributed by atoms with Crippen LogP contribution in [0.4, 0.5) is 20.3 Å². The Morgan fingerprint density at radius 2 is 1.95 bits per heavy atom. The number of aromatic nitrogens is 4. The molecular weight excluding hydrogens is 631 g/mol. The monoisotopic (exact) mass is 657 g/mol. The fourth-order valence-corrected chi connectivity index (χ4v) is 7.46. The number of aryl methyl sites for hydroxylation is 1. The molecule has 1 atom stereocenters. The Kier molecular flexibility index (Phi) is 7.79. The van der Waals surface area contributed by atoms with Crippen LogP contribution in [0.2, 0.25) is 10.0 Å². The van der Waals surface area contributed by atoms with E-state index in [1.807, 2.05) is 25.7 Å². The van der Waals surface area contributed by atoms with Gasteiger partial charge in [0.15, 0.2) is 17.3 Å². The van der Waals surface area contributed by atoms with E-state index in [0.29, 0.717) is 42.3 Å². The van der Waals surface area contributed by atoms with Gasteiger partial charge in [-0.15, -0.1) is 11.8 Å². The van der Waals surface area contributed by atoms with Gasteiger partial charge in [0.1, 0.15) is 11.5 Å². The summed E-state index contributed by atoms with van der Waals surface area (Å²) in [6, 6.07) is 2.58. The molecule has 0 spiro atoms. The molecule has 0 aliphatic carbocycles. The quantitative estimate of drug-likeness (QED) is 0.168. The number of hydrogen-bond acceptors (Lipinski definition) is 8. The lowest BCUT2D eigenvalue weighted by Crippen LogP contribution is -2.56. The SMILES string of the molecule is C=CC(=O)N1CCN2c3nc(=O)n(-c4c(C)ccnc4C(C)C)c4nc(-c5c(N)c(Cl)cc(Cl)c5F)c(F)c(c34)SCC2C1. The summed E-state index contributed by atoms with van der Waals surface area (Å²) in [7, 11) is 0. The Balaban J connectivity index is 1.74. The molecule has 1 amide bonds. The maximum atomic E-state index is 16.7. The van der Waals surface area contributed by atoms with E-state index in [2.05, 4.69) is 21.5 Å². The second-order valence-electron chi connectivity index (χ2n) is 11.0. The van der Waals surface area contributed by atoms with Crippen LogP contribution in [0.5, 0.6) is 0 Å². The third-order valence-electron chi connectivity index (χ3n) is 7.94. The fourth-order valence-electron chi connectivity index (χ4n) is 5.80. The van der Waals surface area contributed by atoms with Crippen LogP contribution in [0.3, 0.4) is 0 Å². The minimum Gasteiger partial charge on any atom is -0.397 e. The van der Waals surface area contributed by atoms with E-state index >= 15 is 8.78 Å². The van der Waals surface area contributed by atoms with Crippen molar-refractivity contribution in [2.24, 2.45) is 0 Å². The van der Waals surface area contributed by atoms with Gasteiger partial charge in [-0.05, 0) is 36.6 Å². The summed E-state index contributed by atoms with van der Waals surface area (Å²) < 4.78 is 33.7. The van der Waals surface area contributed by atoms with Gasteiger partial charge in [0.25, 0.3) is 0 Å². The van der Waals surface area contributed by atoms with Crippen molar-refractivity contribution in [3.63, 3.8) is 0 Å². The minimum atomic E-state index is -0.996. The van der Waals surface area contributed by atoms with Crippen molar-refractivity contribution in [1.82, 2.24) is 24.4 Å². The van der Waals surface area contributed by atoms with Crippen LogP contribution in [0.25, 0.3) is 28.0 Å². The standard InChI is InChI=1S/C30H27Cl2F2N7O2S/c1-5-18(42)39-8-9-40-15(11-39)12-44-27-20-28(40)38-30(43)41(26-14(4)6-7-36-24(26)13(2)3)29(20)37-25(22(27)34)19-21(33)16(31)10-17(32)23(19)35/h5-7,10,13,15H,1,8-9,11-12,35H2,2-4H3. The van der Waals surface area contributed by atoms with Crippen LogP contribution in [-0.2, 0) is 4.79 Å². The van der Waals surface area contributed by atoms with Gasteiger partial charge in [-0.25, -0.2) is 23.1 Å². The summed E-state index contributed by atoms with van der Waals surface area (Å²) >= 11 is 13.5. The van der Waals surface area contributed by atoms with E-state index in [-0.39, 0.29) is 55.3 Å². The van der Waals surface area contributed by atoms with E-state index in [1.54, 1.807) is 17.2 Å². The molecule has 1 aromatic carbocycles. The van der Waals surface area contributed by atoms with Crippen LogP contribution < -0.4 is 16.3 Å². The highest BCUT2D eigenvalue weighted by molar-refractivity contribution is 7.99. The van der Waals surface area contributed by atoms with Crippen LogP contribution in [0.1, 0.15) is 31.0 Å². The van der Waals surface area contributed by atoms with E-state index < -0.39 is 28.6 Å². The molecule has 5 heterocycles. The molecule has 1 unspecified atom stereocenters. The lowest BCUT2D eigenvalue weighted by molar-refractivity contribution is -0.126. The Labute approximate surface area is 265 Å². The van der Waals surface area contributed by atoms with E-state index in [9.17, 15) is 9.59 Å². The number of nitrogens with two attached hydrogens (primary N) is 1. The first-order valence-corrected chi connectivity index (χ1v) is 15.5. The highest BCUT2D eigenvalue weighted by Crippen LogP contribution is 2.46. The summed E-state index contributed by atoms with van der Waals surface area (Å²) in [5, 5.41) is -0.152. The zero-order valence-corrected chi connectivity index (χ0v) is 26.3. The molecule has 0 saturated carbocycles. The first kappa shape index (κ1) is 30.3. The van der Waals surface area contributed by atoms with E-state index in [0.717, 1.165) is 6.07 Å². The van der Waals surface area contributed by atoms with E-state index in [4.69, 9.17) is 28.9 Å². The van der Waals surface area contributed by atoms with Crippen LogP contribution in [-0.4, -0.2) is 61.8 Å². The third-order valence-corrected chi connectivity index (χ3v) is 9.75. The van der Waals surface area contributed by atoms with Crippen molar-refractivity contribution in [2.75, 3.05) is 36.0 Å². The largest absolute Gasteiger partial charge is 0.397 e. The maximum Gasteiger partial charge on any atom is 0.355 e. The average molecular weight is 659 g/mol. The Morgan fingerprint density at radius 3 is 2.66 bits per heavy atom. The normalized spacial score (nSPS) is 16.3. The molecule has 2 aliphatic rings. The number of thioether (sulfide) groups is 1. The second-order valence-corrected chi connectivity index (χ2v) is 12.8. The summed E-state index contributed by atoms with van der Waals surface area (Å²) in [5.74, 6) is -1.61. The van der Waals surface area contributed by atoms with Crippen LogP contribution in [0.15, 0.2) is 40.7 Å². The number of nitrogens with zero attached hydrogens (tertiary/aromatic N) is 6. The molecular formula is C30H27Cl2F2N7O2S. The number of halogens is 4. The number of carbonyl (C=O) groups excluding carboxylic acids is 1. The van der Waals surface area contributed by atoms with Gasteiger partial charge in [0, 0.05) is 31.6 Å². The molecule has 0 radical (unpaired) electrons. The predicted octanol–water partition coefficient (Wildman–Crippen LogP) is 5.75. The number of rotatable bonds is 4. The van der Waals surface area contributed by atoms with Crippen molar-refractivity contribution >= 4 is 63.4 Å². The molecule has 4 aromatic rings. The van der Waals surface area contributed by atoms with Crippen LogP contribution >= 0.6 is 35.0 Å². The number of anilines is 2. The number of amides is 1. The summed E-state index contributed by atoms with van der Waals surface area (Å²) in [6.07, 6.45) is 2.90. The van der Waals surface area contributed by atoms with Gasteiger partial charge in [0.05, 0.1) is 49.0 Å². The molecule has 3 aromatic heterocycles. The molecule has 6 rings (SSSR count). The first-order valence-electron chi connectivity index (χ1n) is 13.8. The summed E-state index contributed by atoms with van der Waals surface area (Å²) in [4.78, 5) is 43.9. The fraction of sp³-hybridized carbons (Fsp3) is 0.300. The molecule has 1 fully saturated rings. The highest BCUT2D eigenvalue weighted by Gasteiger charge is 2.37. The van der Waals surface area contributed by atoms with Gasteiger partial charge in [-0.3, -0.25) is 9.78 Å². The molecule has 2 aliphatic heterocycles. The molecule has 0 bridgehead atoms. The van der Waals surface area contributed by atoms with Gasteiger partial charge >= 0.3 is 5.69 Å². The second kappa shape index (κ2) is 11.3. The molecule has 228 valence electrons. The van der Waals surface area contributed by atoms with Crippen molar-refractivity contribution in [3.05, 3.63) is 74.4 Å². The van der Waals surface area contributed by atoms with Crippen molar-refractivity contribution in [3.8, 4) is 16.9 Å². The zero-order valence-electron chi connectivity index (χ0n) is 24.0. The topological polar surface area (TPSA) is 110 Å². The third kappa shape index (κ3) is 4.70. The summed E-state index contributed by atoms with van der Waals surface area (Å²) in [6.45, 7) is 10.3. The van der Waals surface area contributed by atoms with Crippen molar-refractivity contribution < 1.29 is 13.6 Å². The number of pyridine rings is 2. The van der Waals surface area contributed by atoms with E-state index in [1.165, 1.54) is 22.4 Å². The van der Waals surface area contributed by atoms with Gasteiger partial charge in [-0.2, -0.15) is 4.98 Å². The highest BCUT2D eigenvalue weighted by atomic mass is 35.5. The predicted molar refractivity (Wildman–Crippen MR) is 170 cm³/mol.